The first-order chi connectivity index (χ1) is 17.0. The molecule has 2 aromatic carbocycles. The standard InChI is InChI=1S/C28H33N3O4/c1-19-21(18-26-28(33)27-24(32)7-6-8-25(27)35-26)22-17-20(34-3)9-10-23(22)31(19)12-5-4-11-30-15-13-29(2)14-16-30/h6-10,17-18,32H,4-5,11-16H2,1-3H3/b26-18-. The number of aryl methyl sites for hydroxylation is 1. The van der Waals surface area contributed by atoms with Gasteiger partial charge in [0.2, 0.25) is 5.78 Å². The highest BCUT2D eigenvalue weighted by Crippen LogP contribution is 2.39. The number of carbonyl (C=O) groups excluding carboxylic acids is 1. The van der Waals surface area contributed by atoms with Gasteiger partial charge in [-0.05, 0) is 69.8 Å². The number of rotatable bonds is 7. The van der Waals surface area contributed by atoms with Gasteiger partial charge in [0.25, 0.3) is 0 Å². The molecule has 0 radical (unpaired) electrons. The number of hydrogen-bond acceptors (Lipinski definition) is 6. The topological polar surface area (TPSA) is 67.2 Å². The molecule has 0 amide bonds. The molecule has 1 aromatic heterocycles. The van der Waals surface area contributed by atoms with Gasteiger partial charge in [0.15, 0.2) is 5.76 Å². The van der Waals surface area contributed by atoms with Gasteiger partial charge in [0.1, 0.15) is 22.8 Å². The second kappa shape index (κ2) is 9.76. The van der Waals surface area contributed by atoms with E-state index < -0.39 is 0 Å². The fourth-order valence-corrected chi connectivity index (χ4v) is 5.11. The summed E-state index contributed by atoms with van der Waals surface area (Å²) in [7, 11) is 3.84. The second-order valence-electron chi connectivity index (χ2n) is 9.48. The SMILES string of the molecule is COc1ccc2c(c1)c(/C=C1\Oc3cccc(O)c3C1=O)c(C)n2CCCCN1CCN(C)CC1. The first-order valence-electron chi connectivity index (χ1n) is 12.3. The number of fused-ring (bicyclic) bond motifs is 2. The summed E-state index contributed by atoms with van der Waals surface area (Å²) in [5.41, 5.74) is 3.35. The Labute approximate surface area is 206 Å². The van der Waals surface area contributed by atoms with E-state index >= 15 is 0 Å². The van der Waals surface area contributed by atoms with E-state index in [1.807, 2.05) is 12.1 Å². The molecule has 7 nitrogen and oxygen atoms in total. The summed E-state index contributed by atoms with van der Waals surface area (Å²) in [5, 5.41) is 11.2. The van der Waals surface area contributed by atoms with E-state index in [2.05, 4.69) is 34.4 Å². The number of aromatic nitrogens is 1. The van der Waals surface area contributed by atoms with Crippen molar-refractivity contribution < 1.29 is 19.4 Å². The number of benzene rings is 2. The fraction of sp³-hybridized carbons (Fsp3) is 0.393. The van der Waals surface area contributed by atoms with Crippen LogP contribution in [0.2, 0.25) is 0 Å². The normalized spacial score (nSPS) is 17.8. The lowest BCUT2D eigenvalue weighted by atomic mass is 10.1. The minimum atomic E-state index is -0.298. The van der Waals surface area contributed by atoms with Crippen molar-refractivity contribution in [3.8, 4) is 17.2 Å². The first kappa shape index (κ1) is 23.5. The van der Waals surface area contributed by atoms with Gasteiger partial charge >= 0.3 is 0 Å². The number of hydrogen-bond donors (Lipinski definition) is 1. The van der Waals surface area contributed by atoms with Crippen molar-refractivity contribution in [3.63, 3.8) is 0 Å². The maximum Gasteiger partial charge on any atom is 0.235 e. The van der Waals surface area contributed by atoms with Crippen LogP contribution in [-0.4, -0.2) is 72.1 Å². The van der Waals surface area contributed by atoms with Crippen LogP contribution >= 0.6 is 0 Å². The van der Waals surface area contributed by atoms with E-state index in [4.69, 9.17) is 9.47 Å². The Morgan fingerprint density at radius 2 is 1.86 bits per heavy atom. The van der Waals surface area contributed by atoms with Crippen LogP contribution < -0.4 is 9.47 Å². The zero-order valence-corrected chi connectivity index (χ0v) is 20.7. The summed E-state index contributed by atoms with van der Waals surface area (Å²) >= 11 is 0. The highest BCUT2D eigenvalue weighted by Gasteiger charge is 2.31. The van der Waals surface area contributed by atoms with Crippen molar-refractivity contribution in [3.05, 3.63) is 59.0 Å². The van der Waals surface area contributed by atoms with E-state index in [0.717, 1.165) is 80.0 Å². The van der Waals surface area contributed by atoms with Gasteiger partial charge in [-0.25, -0.2) is 0 Å². The number of Topliss-reactive ketones (excluding diaryl/α,β-unsaturated/α-hetero) is 1. The molecule has 0 saturated carbocycles. The maximum absolute atomic E-state index is 13.0. The highest BCUT2D eigenvalue weighted by molar-refractivity contribution is 6.16. The molecular weight excluding hydrogens is 442 g/mol. The first-order valence-corrected chi connectivity index (χ1v) is 12.3. The number of methoxy groups -OCH3 is 1. The predicted molar refractivity (Wildman–Crippen MR) is 137 cm³/mol. The molecule has 5 rings (SSSR count). The molecule has 0 bridgehead atoms. The number of allylic oxidation sites excluding steroid dienone is 1. The fourth-order valence-electron chi connectivity index (χ4n) is 5.11. The Balaban J connectivity index is 1.40. The molecule has 3 heterocycles. The summed E-state index contributed by atoms with van der Waals surface area (Å²) in [4.78, 5) is 17.9. The van der Waals surface area contributed by atoms with Gasteiger partial charge < -0.3 is 28.9 Å². The molecule has 0 atom stereocenters. The summed E-state index contributed by atoms with van der Waals surface area (Å²) in [6, 6.07) is 11.0. The van der Waals surface area contributed by atoms with Crippen molar-refractivity contribution in [1.29, 1.82) is 0 Å². The third-order valence-corrected chi connectivity index (χ3v) is 7.23. The van der Waals surface area contributed by atoms with Crippen LogP contribution in [0.4, 0.5) is 0 Å². The molecule has 184 valence electrons. The van der Waals surface area contributed by atoms with E-state index in [9.17, 15) is 9.90 Å². The van der Waals surface area contributed by atoms with Crippen molar-refractivity contribution in [1.82, 2.24) is 14.4 Å². The highest BCUT2D eigenvalue weighted by atomic mass is 16.5. The van der Waals surface area contributed by atoms with Crippen molar-refractivity contribution in [2.24, 2.45) is 0 Å². The number of phenolic OH excluding ortho intramolecular Hbond substituents is 1. The molecule has 0 unspecified atom stereocenters. The molecule has 2 aliphatic rings. The molecule has 2 aliphatic heterocycles. The Bertz CT molecular complexity index is 1290. The van der Waals surface area contributed by atoms with E-state index in [0.29, 0.717) is 5.75 Å². The third kappa shape index (κ3) is 4.54. The van der Waals surface area contributed by atoms with Gasteiger partial charge in [-0.2, -0.15) is 0 Å². The van der Waals surface area contributed by atoms with Crippen molar-refractivity contribution >= 4 is 22.8 Å². The van der Waals surface area contributed by atoms with Crippen LogP contribution in [0.1, 0.15) is 34.5 Å². The maximum atomic E-state index is 13.0. The number of phenols is 1. The number of aromatic hydroxyl groups is 1. The van der Waals surface area contributed by atoms with E-state index in [1.54, 1.807) is 25.3 Å². The largest absolute Gasteiger partial charge is 0.507 e. The number of piperazine rings is 1. The summed E-state index contributed by atoms with van der Waals surface area (Å²) in [6.45, 7) is 8.69. The summed E-state index contributed by atoms with van der Waals surface area (Å²) in [5.74, 6) is 1.03. The Morgan fingerprint density at radius 1 is 1.09 bits per heavy atom. The van der Waals surface area contributed by atoms with Crippen molar-refractivity contribution in [2.45, 2.75) is 26.3 Å². The molecule has 1 fully saturated rings. The molecular formula is C28H33N3O4. The average molecular weight is 476 g/mol. The van der Waals surface area contributed by atoms with Crippen LogP contribution in [0.3, 0.4) is 0 Å². The van der Waals surface area contributed by atoms with Gasteiger partial charge in [-0.3, -0.25) is 4.79 Å². The lowest BCUT2D eigenvalue weighted by Crippen LogP contribution is -2.44. The van der Waals surface area contributed by atoms with Crippen molar-refractivity contribution in [2.75, 3.05) is 46.9 Å². The second-order valence-corrected chi connectivity index (χ2v) is 9.48. The third-order valence-electron chi connectivity index (χ3n) is 7.23. The molecule has 35 heavy (non-hydrogen) atoms. The average Bonchev–Trinajstić information content (AvgIpc) is 3.32. The summed E-state index contributed by atoms with van der Waals surface area (Å²) < 4.78 is 13.7. The van der Waals surface area contributed by atoms with Gasteiger partial charge in [0.05, 0.1) is 7.11 Å². The minimum absolute atomic E-state index is 0.0583. The zero-order valence-electron chi connectivity index (χ0n) is 20.7. The number of carbonyl (C=O) groups is 1. The quantitative estimate of drug-likeness (QED) is 0.406. The van der Waals surface area contributed by atoms with Gasteiger partial charge in [0, 0.05) is 54.9 Å². The number of likely N-dealkylation sites (N-methyl/N-ethyl adjacent to an activating group) is 1. The predicted octanol–water partition coefficient (Wildman–Crippen LogP) is 4.31. The van der Waals surface area contributed by atoms with Gasteiger partial charge in [-0.1, -0.05) is 6.07 Å². The monoisotopic (exact) mass is 475 g/mol. The van der Waals surface area contributed by atoms with Crippen LogP contribution in [0, 0.1) is 6.92 Å². The van der Waals surface area contributed by atoms with Crippen LogP contribution in [0.25, 0.3) is 17.0 Å². The smallest absolute Gasteiger partial charge is 0.235 e. The Morgan fingerprint density at radius 3 is 2.60 bits per heavy atom. The molecule has 1 N–H and O–H groups in total. The molecule has 3 aromatic rings. The van der Waals surface area contributed by atoms with Gasteiger partial charge in [-0.15, -0.1) is 0 Å². The summed E-state index contributed by atoms with van der Waals surface area (Å²) in [6.07, 6.45) is 4.03. The van der Waals surface area contributed by atoms with Crippen LogP contribution in [0.15, 0.2) is 42.2 Å². The number of unbranched alkanes of at least 4 members (excludes halogenated alkanes) is 1. The Kier molecular flexibility index (Phi) is 6.54. The molecule has 0 aliphatic carbocycles. The number of nitrogens with zero attached hydrogens (tertiary/aromatic N) is 3. The van der Waals surface area contributed by atoms with Crippen LogP contribution in [0.5, 0.6) is 17.2 Å². The lowest BCUT2D eigenvalue weighted by molar-refractivity contribution is 0.101. The molecule has 7 heteroatoms. The molecule has 1 saturated heterocycles. The number of ether oxygens (including phenoxy) is 2. The lowest BCUT2D eigenvalue weighted by Gasteiger charge is -2.32. The van der Waals surface area contributed by atoms with Crippen LogP contribution in [-0.2, 0) is 6.54 Å². The number of ketones is 1. The zero-order chi connectivity index (χ0) is 24.5. The van der Waals surface area contributed by atoms with E-state index in [-0.39, 0.29) is 22.9 Å². The minimum Gasteiger partial charge on any atom is -0.507 e. The Hall–Kier alpha value is -3.29. The molecule has 0 spiro atoms. The van der Waals surface area contributed by atoms with E-state index in [1.165, 1.54) is 6.07 Å².